The highest BCUT2D eigenvalue weighted by atomic mass is 16.6. The van der Waals surface area contributed by atoms with Crippen LogP contribution in [0, 0.1) is 10.1 Å². The number of para-hydroxylation sites is 1. The number of nitrogens with one attached hydrogen (secondary N) is 3. The largest absolute Gasteiger partial charge is 0.484 e. The first-order chi connectivity index (χ1) is 15.7. The third-order valence-electron chi connectivity index (χ3n) is 4.97. The van der Waals surface area contributed by atoms with Crippen molar-refractivity contribution in [1.82, 2.24) is 10.6 Å². The average molecular weight is 452 g/mol. The van der Waals surface area contributed by atoms with Crippen molar-refractivity contribution in [3.8, 4) is 5.75 Å². The molecule has 1 saturated heterocycles. The summed E-state index contributed by atoms with van der Waals surface area (Å²) < 4.78 is 5.53. The molecule has 10 heteroatoms. The molecule has 2 aromatic carbocycles. The van der Waals surface area contributed by atoms with Gasteiger partial charge in [-0.2, -0.15) is 0 Å². The smallest absolute Gasteiger partial charge is 0.322 e. The molecule has 0 spiro atoms. The summed E-state index contributed by atoms with van der Waals surface area (Å²) in [4.78, 5) is 45.8. The lowest BCUT2D eigenvalue weighted by molar-refractivity contribution is -0.510. The van der Waals surface area contributed by atoms with Gasteiger partial charge in [0.1, 0.15) is 11.8 Å². The fourth-order valence-corrected chi connectivity index (χ4v) is 3.33. The zero-order valence-electron chi connectivity index (χ0n) is 18.1. The highest BCUT2D eigenvalue weighted by Crippen LogP contribution is 2.23. The van der Waals surface area contributed by atoms with Gasteiger partial charge in [0.25, 0.3) is 5.91 Å². The topological polar surface area (TPSA) is 140 Å². The first kappa shape index (κ1) is 23.5. The molecule has 172 valence electrons. The Kier molecular flexibility index (Phi) is 7.39. The van der Waals surface area contributed by atoms with Crippen LogP contribution in [0.25, 0.3) is 6.08 Å². The molecule has 0 radical (unpaired) electrons. The number of nitrogens with zero attached hydrogens (tertiary/aromatic N) is 1. The van der Waals surface area contributed by atoms with Crippen LogP contribution >= 0.6 is 0 Å². The van der Waals surface area contributed by atoms with Crippen molar-refractivity contribution in [2.45, 2.75) is 31.8 Å². The minimum absolute atomic E-state index is 0.171. The number of rotatable bonds is 8. The third kappa shape index (κ3) is 6.16. The number of carbonyl (C=O) groups is 3. The van der Waals surface area contributed by atoms with Gasteiger partial charge in [0.15, 0.2) is 6.61 Å². The average Bonchev–Trinajstić information content (AvgIpc) is 2.76. The van der Waals surface area contributed by atoms with Gasteiger partial charge in [0, 0.05) is 10.6 Å². The maximum atomic E-state index is 12.3. The van der Waals surface area contributed by atoms with Gasteiger partial charge >= 0.3 is 18.0 Å². The van der Waals surface area contributed by atoms with Crippen LogP contribution in [-0.2, 0) is 9.59 Å². The van der Waals surface area contributed by atoms with E-state index in [1.165, 1.54) is 6.08 Å². The summed E-state index contributed by atoms with van der Waals surface area (Å²) in [5.41, 5.74) is 2.45. The molecular weight excluding hydrogens is 428 g/mol. The van der Waals surface area contributed by atoms with Crippen LogP contribution in [0.2, 0.25) is 0 Å². The predicted molar refractivity (Wildman–Crippen MR) is 121 cm³/mol. The van der Waals surface area contributed by atoms with Crippen molar-refractivity contribution in [1.29, 1.82) is 0 Å². The van der Waals surface area contributed by atoms with E-state index in [1.807, 2.05) is 43.4 Å². The number of hydrogen-bond acceptors (Lipinski definition) is 6. The van der Waals surface area contributed by atoms with E-state index >= 15 is 0 Å². The number of imide groups is 1. The van der Waals surface area contributed by atoms with E-state index in [-0.39, 0.29) is 18.4 Å². The fourth-order valence-electron chi connectivity index (χ4n) is 3.33. The van der Waals surface area contributed by atoms with Gasteiger partial charge in [0.2, 0.25) is 0 Å². The van der Waals surface area contributed by atoms with Crippen molar-refractivity contribution in [3.63, 3.8) is 0 Å². The molecule has 1 aliphatic heterocycles. The third-order valence-corrected chi connectivity index (χ3v) is 4.97. The summed E-state index contributed by atoms with van der Waals surface area (Å²) in [6.45, 7) is 3.92. The second-order valence-electron chi connectivity index (χ2n) is 7.73. The molecule has 1 fully saturated rings. The minimum atomic E-state index is -1.61. The summed E-state index contributed by atoms with van der Waals surface area (Å²) in [6, 6.07) is 10.8. The van der Waals surface area contributed by atoms with Crippen LogP contribution in [0.15, 0.2) is 54.6 Å². The molecule has 1 aliphatic rings. The van der Waals surface area contributed by atoms with Gasteiger partial charge < -0.3 is 15.4 Å². The molecule has 3 N–H and O–H groups in total. The standard InChI is InChI=1S/C23H24N4O6/c1-14(2)17-5-3-4-6-18(17)24-20(28)13-33-16-10-7-15(8-11-16)9-12-19-21(27(31)32)22(29)26-23(30)25-19/h3-12,14,19,21H,13H2,1-2H3,(H,24,28)(H2,25,26,29,30)/b12-9-. The number of benzene rings is 2. The molecular formula is C23H24N4O6. The monoisotopic (exact) mass is 452 g/mol. The lowest BCUT2D eigenvalue weighted by Crippen LogP contribution is -2.62. The summed E-state index contributed by atoms with van der Waals surface area (Å²) in [5, 5.41) is 18.2. The molecule has 2 atom stereocenters. The second-order valence-corrected chi connectivity index (χ2v) is 7.73. The molecule has 2 aromatic rings. The lowest BCUT2D eigenvalue weighted by Gasteiger charge is -2.23. The SMILES string of the molecule is CC(C)c1ccccc1NC(=O)COc1ccc(/C=C\C2NC(=O)NC(=O)C2[N+](=O)[O-])cc1. The van der Waals surface area contributed by atoms with E-state index < -0.39 is 28.9 Å². The Balaban J connectivity index is 1.57. The second kappa shape index (κ2) is 10.4. The Hall–Kier alpha value is -4.21. The fraction of sp³-hybridized carbons (Fsp3) is 0.261. The van der Waals surface area contributed by atoms with E-state index in [2.05, 4.69) is 10.6 Å². The lowest BCUT2D eigenvalue weighted by atomic mass is 10.0. The molecule has 2 unspecified atom stereocenters. The number of amides is 4. The first-order valence-electron chi connectivity index (χ1n) is 10.3. The Morgan fingerprint density at radius 3 is 2.55 bits per heavy atom. The number of anilines is 1. The predicted octanol–water partition coefficient (Wildman–Crippen LogP) is 2.69. The minimum Gasteiger partial charge on any atom is -0.484 e. The molecule has 0 saturated carbocycles. The molecule has 0 bridgehead atoms. The Labute approximate surface area is 190 Å². The molecule has 10 nitrogen and oxygen atoms in total. The molecule has 1 heterocycles. The Morgan fingerprint density at radius 1 is 1.18 bits per heavy atom. The van der Waals surface area contributed by atoms with Gasteiger partial charge in [-0.1, -0.05) is 56.3 Å². The summed E-state index contributed by atoms with van der Waals surface area (Å²) in [6.07, 6.45) is 2.94. The molecule has 33 heavy (non-hydrogen) atoms. The molecule has 0 aliphatic carbocycles. The van der Waals surface area contributed by atoms with E-state index in [0.29, 0.717) is 11.3 Å². The number of hydrogen-bond donors (Lipinski definition) is 3. The maximum absolute atomic E-state index is 12.3. The van der Waals surface area contributed by atoms with Gasteiger partial charge in [-0.3, -0.25) is 25.0 Å². The van der Waals surface area contributed by atoms with Gasteiger partial charge in [-0.15, -0.1) is 0 Å². The number of urea groups is 1. The van der Waals surface area contributed by atoms with E-state index in [1.54, 1.807) is 30.3 Å². The zero-order chi connectivity index (χ0) is 24.0. The first-order valence-corrected chi connectivity index (χ1v) is 10.3. The van der Waals surface area contributed by atoms with Crippen molar-refractivity contribution in [3.05, 3.63) is 75.8 Å². The molecule has 3 rings (SSSR count). The number of nitro groups is 1. The quantitative estimate of drug-likeness (QED) is 0.416. The summed E-state index contributed by atoms with van der Waals surface area (Å²) in [7, 11) is 0. The number of carbonyl (C=O) groups excluding carboxylic acids is 3. The summed E-state index contributed by atoms with van der Waals surface area (Å²) in [5.74, 6) is -0.520. The number of ether oxygens (including phenoxy) is 1. The van der Waals surface area contributed by atoms with Crippen molar-refractivity contribution < 1.29 is 24.0 Å². The van der Waals surface area contributed by atoms with E-state index in [0.717, 1.165) is 11.3 Å². The highest BCUT2D eigenvalue weighted by Gasteiger charge is 2.43. The Morgan fingerprint density at radius 2 is 1.88 bits per heavy atom. The van der Waals surface area contributed by atoms with Crippen LogP contribution < -0.4 is 20.7 Å². The van der Waals surface area contributed by atoms with Crippen molar-refractivity contribution in [2.75, 3.05) is 11.9 Å². The van der Waals surface area contributed by atoms with Crippen molar-refractivity contribution >= 4 is 29.6 Å². The molecule has 0 aromatic heterocycles. The van der Waals surface area contributed by atoms with Gasteiger partial charge in [0.05, 0.1) is 0 Å². The molecule has 4 amide bonds. The van der Waals surface area contributed by atoms with Crippen LogP contribution in [0.4, 0.5) is 10.5 Å². The summed E-state index contributed by atoms with van der Waals surface area (Å²) >= 11 is 0. The maximum Gasteiger partial charge on any atom is 0.322 e. The van der Waals surface area contributed by atoms with Gasteiger partial charge in [-0.25, -0.2) is 4.79 Å². The zero-order valence-corrected chi connectivity index (χ0v) is 18.1. The normalized spacial score (nSPS) is 18.0. The van der Waals surface area contributed by atoms with Crippen LogP contribution in [-0.4, -0.2) is 41.5 Å². The van der Waals surface area contributed by atoms with Crippen LogP contribution in [0.5, 0.6) is 5.75 Å². The van der Waals surface area contributed by atoms with Gasteiger partial charge in [-0.05, 0) is 35.2 Å². The Bertz CT molecular complexity index is 1080. The van der Waals surface area contributed by atoms with E-state index in [4.69, 9.17) is 4.74 Å². The van der Waals surface area contributed by atoms with Crippen LogP contribution in [0.1, 0.15) is 30.9 Å². The van der Waals surface area contributed by atoms with Crippen LogP contribution in [0.3, 0.4) is 0 Å². The van der Waals surface area contributed by atoms with E-state index in [9.17, 15) is 24.5 Å². The van der Waals surface area contributed by atoms with Crippen molar-refractivity contribution in [2.24, 2.45) is 0 Å². The highest BCUT2D eigenvalue weighted by molar-refractivity contribution is 6.00.